The average Bonchev–Trinajstić information content (AvgIpc) is 2.48. The zero-order valence-electron chi connectivity index (χ0n) is 11.2. The Balaban J connectivity index is 2.31. The van der Waals surface area contributed by atoms with Gasteiger partial charge in [0, 0.05) is 4.47 Å². The molecular formula is C15H12BrN3O2. The van der Waals surface area contributed by atoms with Crippen LogP contribution in [0.1, 0.15) is 15.9 Å². The number of para-hydroxylation sites is 1. The molecule has 0 aliphatic heterocycles. The summed E-state index contributed by atoms with van der Waals surface area (Å²) in [7, 11) is 1.46. The molecule has 2 aromatic carbocycles. The van der Waals surface area contributed by atoms with Crippen molar-refractivity contribution in [2.75, 3.05) is 18.2 Å². The van der Waals surface area contributed by atoms with E-state index in [-0.39, 0.29) is 5.91 Å². The van der Waals surface area contributed by atoms with Gasteiger partial charge in [0.25, 0.3) is 5.91 Å². The number of ether oxygens (including phenoxy) is 1. The SMILES string of the molecule is COc1c(N)cccc1C(=O)Nc1ccc(C#N)cc1Br. The Bertz CT molecular complexity index is 738. The van der Waals surface area contributed by atoms with Gasteiger partial charge in [-0.2, -0.15) is 5.26 Å². The molecule has 0 saturated carbocycles. The number of nitriles is 1. The molecule has 0 saturated heterocycles. The normalized spacial score (nSPS) is 9.76. The minimum atomic E-state index is -0.343. The Morgan fingerprint density at radius 3 is 2.76 bits per heavy atom. The predicted molar refractivity (Wildman–Crippen MR) is 84.2 cm³/mol. The van der Waals surface area contributed by atoms with Crippen molar-refractivity contribution >= 4 is 33.2 Å². The third-order valence-electron chi connectivity index (χ3n) is 2.84. The molecule has 2 rings (SSSR count). The van der Waals surface area contributed by atoms with Gasteiger partial charge in [0.15, 0.2) is 5.75 Å². The number of nitrogens with zero attached hydrogens (tertiary/aromatic N) is 1. The van der Waals surface area contributed by atoms with Crippen LogP contribution in [0.2, 0.25) is 0 Å². The molecule has 0 aliphatic carbocycles. The number of halogens is 1. The number of carbonyl (C=O) groups excluding carboxylic acids is 1. The fourth-order valence-corrected chi connectivity index (χ4v) is 2.32. The summed E-state index contributed by atoms with van der Waals surface area (Å²) in [6.07, 6.45) is 0. The van der Waals surface area contributed by atoms with Crippen molar-refractivity contribution in [2.24, 2.45) is 0 Å². The van der Waals surface area contributed by atoms with Gasteiger partial charge in [0.1, 0.15) is 0 Å². The summed E-state index contributed by atoms with van der Waals surface area (Å²) in [5, 5.41) is 11.6. The molecule has 2 aromatic rings. The zero-order chi connectivity index (χ0) is 15.4. The predicted octanol–water partition coefficient (Wildman–Crippen LogP) is 3.16. The van der Waals surface area contributed by atoms with Gasteiger partial charge in [-0.1, -0.05) is 6.07 Å². The number of benzene rings is 2. The molecule has 1 amide bonds. The highest BCUT2D eigenvalue weighted by atomic mass is 79.9. The second-order valence-corrected chi connectivity index (χ2v) is 5.04. The third kappa shape index (κ3) is 3.15. The van der Waals surface area contributed by atoms with E-state index in [1.165, 1.54) is 7.11 Å². The number of amides is 1. The molecule has 0 atom stereocenters. The molecule has 3 N–H and O–H groups in total. The summed E-state index contributed by atoms with van der Waals surface area (Å²) < 4.78 is 5.78. The zero-order valence-corrected chi connectivity index (χ0v) is 12.8. The number of hydrogen-bond donors (Lipinski definition) is 2. The number of nitrogen functional groups attached to an aromatic ring is 1. The Labute approximate surface area is 130 Å². The van der Waals surface area contributed by atoms with E-state index in [9.17, 15) is 4.79 Å². The fraction of sp³-hybridized carbons (Fsp3) is 0.0667. The molecule has 0 aliphatic rings. The highest BCUT2D eigenvalue weighted by Crippen LogP contribution is 2.28. The van der Waals surface area contributed by atoms with Gasteiger partial charge in [0.05, 0.1) is 35.7 Å². The maximum absolute atomic E-state index is 12.3. The number of hydrogen-bond acceptors (Lipinski definition) is 4. The Morgan fingerprint density at radius 1 is 1.38 bits per heavy atom. The summed E-state index contributed by atoms with van der Waals surface area (Å²) in [5.41, 5.74) is 7.57. The second-order valence-electron chi connectivity index (χ2n) is 4.19. The summed E-state index contributed by atoms with van der Waals surface area (Å²) in [6, 6.07) is 11.9. The van der Waals surface area contributed by atoms with Gasteiger partial charge >= 0.3 is 0 Å². The number of rotatable bonds is 3. The lowest BCUT2D eigenvalue weighted by atomic mass is 10.1. The van der Waals surface area contributed by atoms with Crippen molar-refractivity contribution in [3.63, 3.8) is 0 Å². The Hall–Kier alpha value is -2.52. The molecule has 5 nitrogen and oxygen atoms in total. The second kappa shape index (κ2) is 6.29. The summed E-state index contributed by atoms with van der Waals surface area (Å²) >= 11 is 3.32. The van der Waals surface area contributed by atoms with Crippen LogP contribution < -0.4 is 15.8 Å². The van der Waals surface area contributed by atoms with Gasteiger partial charge in [-0.3, -0.25) is 4.79 Å². The molecule has 0 bridgehead atoms. The number of methoxy groups -OCH3 is 1. The molecule has 0 aromatic heterocycles. The number of nitrogens with one attached hydrogen (secondary N) is 1. The van der Waals surface area contributed by atoms with Gasteiger partial charge in [-0.25, -0.2) is 0 Å². The van der Waals surface area contributed by atoms with Crippen LogP contribution in [-0.2, 0) is 0 Å². The molecular weight excluding hydrogens is 334 g/mol. The van der Waals surface area contributed by atoms with Crippen molar-refractivity contribution < 1.29 is 9.53 Å². The molecule has 106 valence electrons. The lowest BCUT2D eigenvalue weighted by Gasteiger charge is -2.12. The van der Waals surface area contributed by atoms with Crippen LogP contribution in [0.4, 0.5) is 11.4 Å². The Kier molecular flexibility index (Phi) is 4.45. The summed E-state index contributed by atoms with van der Waals surface area (Å²) in [5.74, 6) is -0.00988. The quantitative estimate of drug-likeness (QED) is 0.836. The maximum atomic E-state index is 12.3. The molecule has 0 heterocycles. The van der Waals surface area contributed by atoms with Crippen LogP contribution in [0, 0.1) is 11.3 Å². The van der Waals surface area contributed by atoms with Gasteiger partial charge in [-0.15, -0.1) is 0 Å². The largest absolute Gasteiger partial charge is 0.494 e. The third-order valence-corrected chi connectivity index (χ3v) is 3.50. The van der Waals surface area contributed by atoms with E-state index in [1.54, 1.807) is 36.4 Å². The first-order valence-corrected chi connectivity index (χ1v) is 6.79. The van der Waals surface area contributed by atoms with Crippen LogP contribution in [0.5, 0.6) is 5.75 Å². The standard InChI is InChI=1S/C15H12BrN3O2/c1-21-14-10(3-2-4-12(14)18)15(20)19-13-6-5-9(8-17)7-11(13)16/h2-7H,18H2,1H3,(H,19,20). The first kappa shape index (κ1) is 14.9. The topological polar surface area (TPSA) is 88.1 Å². The Morgan fingerprint density at radius 2 is 2.14 bits per heavy atom. The average molecular weight is 346 g/mol. The number of nitrogens with two attached hydrogens (primary N) is 1. The minimum Gasteiger partial charge on any atom is -0.494 e. The molecule has 0 radical (unpaired) electrons. The molecule has 0 spiro atoms. The van der Waals surface area contributed by atoms with Crippen LogP contribution in [-0.4, -0.2) is 13.0 Å². The van der Waals surface area contributed by atoms with E-state index in [2.05, 4.69) is 21.2 Å². The highest BCUT2D eigenvalue weighted by Gasteiger charge is 2.15. The summed E-state index contributed by atoms with van der Waals surface area (Å²) in [4.78, 5) is 12.3. The smallest absolute Gasteiger partial charge is 0.259 e. The first-order valence-electron chi connectivity index (χ1n) is 6.00. The monoisotopic (exact) mass is 345 g/mol. The van der Waals surface area contributed by atoms with E-state index < -0.39 is 0 Å². The first-order chi connectivity index (χ1) is 10.1. The van der Waals surface area contributed by atoms with Crippen molar-refractivity contribution in [3.05, 3.63) is 52.0 Å². The van der Waals surface area contributed by atoms with Crippen LogP contribution in [0.25, 0.3) is 0 Å². The lowest BCUT2D eigenvalue weighted by molar-refractivity contribution is 0.102. The van der Waals surface area contributed by atoms with Gasteiger partial charge in [-0.05, 0) is 46.3 Å². The van der Waals surface area contributed by atoms with Crippen molar-refractivity contribution in [1.82, 2.24) is 0 Å². The number of carbonyl (C=O) groups is 1. The van der Waals surface area contributed by atoms with E-state index in [0.29, 0.717) is 32.7 Å². The highest BCUT2D eigenvalue weighted by molar-refractivity contribution is 9.10. The fourth-order valence-electron chi connectivity index (χ4n) is 1.84. The van der Waals surface area contributed by atoms with Crippen LogP contribution >= 0.6 is 15.9 Å². The van der Waals surface area contributed by atoms with E-state index >= 15 is 0 Å². The van der Waals surface area contributed by atoms with Gasteiger partial charge in [0.2, 0.25) is 0 Å². The molecule has 6 heteroatoms. The van der Waals surface area contributed by atoms with E-state index in [0.717, 1.165) is 0 Å². The molecule has 0 fully saturated rings. The van der Waals surface area contributed by atoms with E-state index in [4.69, 9.17) is 15.7 Å². The van der Waals surface area contributed by atoms with Crippen molar-refractivity contribution in [3.8, 4) is 11.8 Å². The van der Waals surface area contributed by atoms with Crippen molar-refractivity contribution in [2.45, 2.75) is 0 Å². The van der Waals surface area contributed by atoms with Crippen LogP contribution in [0.3, 0.4) is 0 Å². The molecule has 21 heavy (non-hydrogen) atoms. The lowest BCUT2D eigenvalue weighted by Crippen LogP contribution is -2.14. The maximum Gasteiger partial charge on any atom is 0.259 e. The summed E-state index contributed by atoms with van der Waals surface area (Å²) in [6.45, 7) is 0. The minimum absolute atomic E-state index is 0.333. The van der Waals surface area contributed by atoms with Gasteiger partial charge < -0.3 is 15.8 Å². The molecule has 0 unspecified atom stereocenters. The van der Waals surface area contributed by atoms with Crippen molar-refractivity contribution in [1.29, 1.82) is 5.26 Å². The van der Waals surface area contributed by atoms with Crippen LogP contribution in [0.15, 0.2) is 40.9 Å². The number of anilines is 2. The van der Waals surface area contributed by atoms with E-state index in [1.807, 2.05) is 6.07 Å².